The van der Waals surface area contributed by atoms with Crippen LogP contribution in [0.4, 0.5) is 0 Å². The number of aryl methyl sites for hydroxylation is 1. The number of aromatic nitrogens is 1. The fourth-order valence-corrected chi connectivity index (χ4v) is 3.05. The van der Waals surface area contributed by atoms with E-state index in [9.17, 15) is 5.11 Å². The van der Waals surface area contributed by atoms with Gasteiger partial charge in [0.1, 0.15) is 0 Å². The van der Waals surface area contributed by atoms with Crippen molar-refractivity contribution in [3.63, 3.8) is 0 Å². The second-order valence-corrected chi connectivity index (χ2v) is 5.49. The lowest BCUT2D eigenvalue weighted by Gasteiger charge is -2.20. The molecule has 3 heteroatoms. The Kier molecular flexibility index (Phi) is 3.90. The maximum absolute atomic E-state index is 10.1. The van der Waals surface area contributed by atoms with Crippen LogP contribution < -0.4 is 0 Å². The highest BCUT2D eigenvalue weighted by atomic mass is 16.3. The number of nitrogens with zero attached hydrogens (tertiary/aromatic N) is 1. The summed E-state index contributed by atoms with van der Waals surface area (Å²) >= 11 is 0. The van der Waals surface area contributed by atoms with Crippen LogP contribution in [-0.2, 0) is 12.8 Å². The van der Waals surface area contributed by atoms with Crippen molar-refractivity contribution >= 4 is 0 Å². The number of aliphatic hydroxyl groups excluding tert-OH is 2. The Balaban J connectivity index is 1.93. The molecule has 20 heavy (non-hydrogen) atoms. The second-order valence-electron chi connectivity index (χ2n) is 5.49. The van der Waals surface area contributed by atoms with Gasteiger partial charge < -0.3 is 14.8 Å². The van der Waals surface area contributed by atoms with Gasteiger partial charge in [-0.25, -0.2) is 0 Å². The van der Waals surface area contributed by atoms with E-state index < -0.39 is 0 Å². The lowest BCUT2D eigenvalue weighted by atomic mass is 9.95. The molecule has 1 aliphatic rings. The van der Waals surface area contributed by atoms with E-state index in [0.29, 0.717) is 0 Å². The largest absolute Gasteiger partial charge is 0.396 e. The maximum atomic E-state index is 10.1. The highest BCUT2D eigenvalue weighted by molar-refractivity contribution is 5.42. The molecule has 0 aliphatic heterocycles. The van der Waals surface area contributed by atoms with E-state index in [2.05, 4.69) is 35.0 Å². The molecule has 1 unspecified atom stereocenters. The predicted molar refractivity (Wildman–Crippen MR) is 79.1 cm³/mol. The summed E-state index contributed by atoms with van der Waals surface area (Å²) in [5.41, 5.74) is 4.71. The standard InChI is InChI=1S/C17H21NO2/c19-11-3-5-13-4-1-6-14(12-13)18-10-9-15-16(18)7-2-8-17(15)20/h1,4,6,9-10,12,17,19-20H,2-3,5,7-8,11H2. The van der Waals surface area contributed by atoms with Gasteiger partial charge >= 0.3 is 0 Å². The summed E-state index contributed by atoms with van der Waals surface area (Å²) in [5, 5.41) is 19.0. The topological polar surface area (TPSA) is 45.4 Å². The van der Waals surface area contributed by atoms with Crippen LogP contribution in [0.5, 0.6) is 0 Å². The van der Waals surface area contributed by atoms with Crippen LogP contribution in [0.15, 0.2) is 36.5 Å². The monoisotopic (exact) mass is 271 g/mol. The van der Waals surface area contributed by atoms with Crippen LogP contribution in [0.1, 0.15) is 42.2 Å². The minimum atomic E-state index is -0.308. The van der Waals surface area contributed by atoms with Crippen LogP contribution in [0.3, 0.4) is 0 Å². The number of hydrogen-bond donors (Lipinski definition) is 2. The van der Waals surface area contributed by atoms with E-state index in [1.807, 2.05) is 6.07 Å². The van der Waals surface area contributed by atoms with Gasteiger partial charge in [0.2, 0.25) is 0 Å². The van der Waals surface area contributed by atoms with Crippen LogP contribution in [0.25, 0.3) is 5.69 Å². The molecule has 1 aromatic heterocycles. The minimum Gasteiger partial charge on any atom is -0.396 e. The van der Waals surface area contributed by atoms with Crippen LogP contribution in [-0.4, -0.2) is 21.4 Å². The van der Waals surface area contributed by atoms with E-state index in [0.717, 1.165) is 43.4 Å². The molecule has 3 rings (SSSR count). The van der Waals surface area contributed by atoms with Gasteiger partial charge in [0, 0.05) is 29.7 Å². The summed E-state index contributed by atoms with van der Waals surface area (Å²) in [6.45, 7) is 0.231. The zero-order valence-corrected chi connectivity index (χ0v) is 11.6. The molecule has 0 radical (unpaired) electrons. The quantitative estimate of drug-likeness (QED) is 0.898. The molecule has 1 aromatic carbocycles. The lowest BCUT2D eigenvalue weighted by molar-refractivity contribution is 0.156. The molecule has 1 atom stereocenters. The van der Waals surface area contributed by atoms with Gasteiger partial charge in [0.05, 0.1) is 6.10 Å². The Morgan fingerprint density at radius 2 is 2.15 bits per heavy atom. The Bertz CT molecular complexity index is 588. The van der Waals surface area contributed by atoms with E-state index in [-0.39, 0.29) is 12.7 Å². The average Bonchev–Trinajstić information content (AvgIpc) is 2.91. The summed E-state index contributed by atoms with van der Waals surface area (Å²) in [7, 11) is 0. The van der Waals surface area contributed by atoms with Gasteiger partial charge in [-0.3, -0.25) is 0 Å². The van der Waals surface area contributed by atoms with Crippen LogP contribution in [0.2, 0.25) is 0 Å². The summed E-state index contributed by atoms with van der Waals surface area (Å²) in [5.74, 6) is 0. The molecule has 1 aliphatic carbocycles. The minimum absolute atomic E-state index is 0.231. The van der Waals surface area contributed by atoms with Crippen molar-refractivity contribution in [2.45, 2.75) is 38.2 Å². The van der Waals surface area contributed by atoms with E-state index in [1.54, 1.807) is 0 Å². The number of hydrogen-bond acceptors (Lipinski definition) is 2. The first-order valence-corrected chi connectivity index (χ1v) is 7.38. The number of benzene rings is 1. The molecule has 0 saturated heterocycles. The summed E-state index contributed by atoms with van der Waals surface area (Å²) in [6.07, 6.45) is 6.39. The normalized spacial score (nSPS) is 18.0. The first-order chi connectivity index (χ1) is 9.79. The second kappa shape index (κ2) is 5.81. The SMILES string of the molecule is OCCCc1cccc(-n2ccc3c2CCCC3O)c1. The van der Waals surface area contributed by atoms with Crippen molar-refractivity contribution < 1.29 is 10.2 Å². The van der Waals surface area contributed by atoms with Crippen molar-refractivity contribution in [3.8, 4) is 5.69 Å². The zero-order valence-electron chi connectivity index (χ0n) is 11.6. The van der Waals surface area contributed by atoms with E-state index in [1.165, 1.54) is 11.3 Å². The molecule has 106 valence electrons. The third-order valence-electron chi connectivity index (χ3n) is 4.09. The van der Waals surface area contributed by atoms with Gasteiger partial charge in [-0.2, -0.15) is 0 Å². The average molecular weight is 271 g/mol. The Morgan fingerprint density at radius 1 is 1.25 bits per heavy atom. The molecule has 0 saturated carbocycles. The Labute approximate surface area is 119 Å². The van der Waals surface area contributed by atoms with Crippen molar-refractivity contribution in [1.29, 1.82) is 0 Å². The third-order valence-corrected chi connectivity index (χ3v) is 4.09. The van der Waals surface area contributed by atoms with Crippen molar-refractivity contribution in [2.75, 3.05) is 6.61 Å². The van der Waals surface area contributed by atoms with E-state index in [4.69, 9.17) is 5.11 Å². The zero-order chi connectivity index (χ0) is 13.9. The molecule has 0 amide bonds. The fourth-order valence-electron chi connectivity index (χ4n) is 3.05. The molecule has 2 aromatic rings. The third kappa shape index (κ3) is 2.51. The smallest absolute Gasteiger partial charge is 0.0807 e. The fraction of sp³-hybridized carbons (Fsp3) is 0.412. The highest BCUT2D eigenvalue weighted by Crippen LogP contribution is 2.32. The molecule has 2 N–H and O–H groups in total. The van der Waals surface area contributed by atoms with Gasteiger partial charge in [0.15, 0.2) is 0 Å². The van der Waals surface area contributed by atoms with Crippen LogP contribution >= 0.6 is 0 Å². The van der Waals surface area contributed by atoms with Crippen molar-refractivity contribution in [3.05, 3.63) is 53.3 Å². The van der Waals surface area contributed by atoms with Crippen molar-refractivity contribution in [2.24, 2.45) is 0 Å². The Morgan fingerprint density at radius 3 is 3.00 bits per heavy atom. The Hall–Kier alpha value is -1.58. The molecular weight excluding hydrogens is 250 g/mol. The van der Waals surface area contributed by atoms with Gasteiger partial charge in [-0.05, 0) is 55.9 Å². The molecule has 0 fully saturated rings. The predicted octanol–water partition coefficient (Wildman–Crippen LogP) is 2.77. The maximum Gasteiger partial charge on any atom is 0.0807 e. The summed E-state index contributed by atoms with van der Waals surface area (Å²) < 4.78 is 2.19. The van der Waals surface area contributed by atoms with Gasteiger partial charge in [0.25, 0.3) is 0 Å². The molecule has 0 bridgehead atoms. The molecular formula is C17H21NO2. The van der Waals surface area contributed by atoms with E-state index >= 15 is 0 Å². The molecule has 3 nitrogen and oxygen atoms in total. The molecule has 0 spiro atoms. The van der Waals surface area contributed by atoms with Crippen LogP contribution in [0, 0.1) is 0 Å². The summed E-state index contributed by atoms with van der Waals surface area (Å²) in [6, 6.07) is 10.5. The van der Waals surface area contributed by atoms with Gasteiger partial charge in [-0.15, -0.1) is 0 Å². The lowest BCUT2D eigenvalue weighted by Crippen LogP contribution is -2.11. The van der Waals surface area contributed by atoms with Crippen molar-refractivity contribution in [1.82, 2.24) is 4.57 Å². The first kappa shape index (κ1) is 13.4. The number of aliphatic hydroxyl groups is 2. The highest BCUT2D eigenvalue weighted by Gasteiger charge is 2.21. The number of fused-ring (bicyclic) bond motifs is 1. The summed E-state index contributed by atoms with van der Waals surface area (Å²) in [4.78, 5) is 0. The molecule has 1 heterocycles. The number of rotatable bonds is 4. The van der Waals surface area contributed by atoms with Gasteiger partial charge in [-0.1, -0.05) is 12.1 Å². The first-order valence-electron chi connectivity index (χ1n) is 7.38.